The maximum Gasteiger partial charge on any atom is 0.316 e. The summed E-state index contributed by atoms with van der Waals surface area (Å²) in [7, 11) is 3.36. The molecule has 1 aromatic rings. The molecule has 0 aliphatic rings. The molecule has 96 valence electrons. The highest BCUT2D eigenvalue weighted by Crippen LogP contribution is 2.18. The Morgan fingerprint density at radius 3 is 2.78 bits per heavy atom. The van der Waals surface area contributed by atoms with Gasteiger partial charge >= 0.3 is 6.03 Å². The Labute approximate surface area is 106 Å². The van der Waals surface area contributed by atoms with Crippen LogP contribution >= 0.6 is 0 Å². The molecular formula is C12H17N5O. The molecule has 0 heterocycles. The van der Waals surface area contributed by atoms with Crippen molar-refractivity contribution in [3.8, 4) is 6.07 Å². The van der Waals surface area contributed by atoms with Gasteiger partial charge in [0, 0.05) is 27.2 Å². The van der Waals surface area contributed by atoms with Crippen molar-refractivity contribution in [2.24, 2.45) is 0 Å². The van der Waals surface area contributed by atoms with Gasteiger partial charge in [-0.3, -0.25) is 0 Å². The van der Waals surface area contributed by atoms with E-state index in [1.807, 2.05) is 6.07 Å². The molecule has 6 nitrogen and oxygen atoms in total. The maximum atomic E-state index is 11.2. The van der Waals surface area contributed by atoms with E-state index < -0.39 is 0 Å². The Morgan fingerprint density at radius 1 is 1.44 bits per heavy atom. The predicted molar refractivity (Wildman–Crippen MR) is 71.1 cm³/mol. The van der Waals surface area contributed by atoms with Gasteiger partial charge in [-0.05, 0) is 18.2 Å². The third-order valence-corrected chi connectivity index (χ3v) is 2.31. The molecule has 2 amide bonds. The average molecular weight is 247 g/mol. The smallest absolute Gasteiger partial charge is 0.316 e. The van der Waals surface area contributed by atoms with E-state index in [-0.39, 0.29) is 6.03 Å². The molecule has 1 rings (SSSR count). The van der Waals surface area contributed by atoms with Crippen molar-refractivity contribution in [2.75, 3.05) is 38.2 Å². The summed E-state index contributed by atoms with van der Waals surface area (Å²) in [5.41, 5.74) is 7.59. The lowest BCUT2D eigenvalue weighted by molar-refractivity contribution is 0.218. The van der Waals surface area contributed by atoms with Crippen molar-refractivity contribution in [3.05, 3.63) is 23.8 Å². The molecule has 0 saturated heterocycles. The fraction of sp³-hybridized carbons (Fsp3) is 0.333. The molecule has 0 unspecified atom stereocenters. The summed E-state index contributed by atoms with van der Waals surface area (Å²) in [6, 6.07) is 6.93. The van der Waals surface area contributed by atoms with Gasteiger partial charge in [0.1, 0.15) is 0 Å². The summed E-state index contributed by atoms with van der Waals surface area (Å²) < 4.78 is 0. The summed E-state index contributed by atoms with van der Waals surface area (Å²) in [6.45, 7) is 1.02. The molecule has 6 heteroatoms. The van der Waals surface area contributed by atoms with Gasteiger partial charge < -0.3 is 21.3 Å². The summed E-state index contributed by atoms with van der Waals surface area (Å²) >= 11 is 0. The Morgan fingerprint density at radius 2 is 2.17 bits per heavy atom. The van der Waals surface area contributed by atoms with Crippen molar-refractivity contribution in [1.82, 2.24) is 10.2 Å². The van der Waals surface area contributed by atoms with E-state index in [2.05, 4.69) is 10.6 Å². The number of amides is 2. The zero-order valence-electron chi connectivity index (χ0n) is 10.5. The summed E-state index contributed by atoms with van der Waals surface area (Å²) in [5.74, 6) is 0. The monoisotopic (exact) mass is 247 g/mol. The molecule has 0 spiro atoms. The molecule has 0 saturated carbocycles. The number of anilines is 2. The molecule has 0 aliphatic heterocycles. The van der Waals surface area contributed by atoms with Crippen molar-refractivity contribution in [1.29, 1.82) is 5.26 Å². The molecule has 0 atom stereocenters. The van der Waals surface area contributed by atoms with Crippen molar-refractivity contribution < 1.29 is 4.79 Å². The van der Waals surface area contributed by atoms with Crippen LogP contribution in [-0.4, -0.2) is 38.1 Å². The van der Waals surface area contributed by atoms with Crippen LogP contribution in [0.2, 0.25) is 0 Å². The number of nitrogens with two attached hydrogens (primary N) is 1. The minimum atomic E-state index is -0.143. The van der Waals surface area contributed by atoms with E-state index in [1.54, 1.807) is 32.3 Å². The van der Waals surface area contributed by atoms with Crippen LogP contribution in [0, 0.1) is 11.3 Å². The molecule has 0 fully saturated rings. The number of rotatable bonds is 4. The van der Waals surface area contributed by atoms with E-state index in [0.29, 0.717) is 30.0 Å². The van der Waals surface area contributed by atoms with Crippen LogP contribution in [0.15, 0.2) is 18.2 Å². The third-order valence-electron chi connectivity index (χ3n) is 2.31. The van der Waals surface area contributed by atoms with Crippen molar-refractivity contribution in [2.45, 2.75) is 0 Å². The van der Waals surface area contributed by atoms with Gasteiger partial charge in [-0.2, -0.15) is 5.26 Å². The second kappa shape index (κ2) is 6.35. The van der Waals surface area contributed by atoms with Crippen LogP contribution in [0.25, 0.3) is 0 Å². The number of carbonyl (C=O) groups excluding carboxylic acids is 1. The molecule has 0 bridgehead atoms. The lowest BCUT2D eigenvalue weighted by atomic mass is 10.2. The maximum absolute atomic E-state index is 11.2. The highest BCUT2D eigenvalue weighted by atomic mass is 16.2. The predicted octanol–water partition coefficient (Wildman–Crippen LogP) is 0.824. The highest BCUT2D eigenvalue weighted by molar-refractivity contribution is 5.73. The molecule has 0 radical (unpaired) electrons. The molecule has 0 aromatic heterocycles. The Balaban J connectivity index is 2.45. The standard InChI is InChI=1S/C12H17N5O/c1-17(2)12(18)16-6-5-15-11-7-9(8-13)3-4-10(11)14/h3-4,7,15H,5-6,14H2,1-2H3,(H,16,18). The van der Waals surface area contributed by atoms with Gasteiger partial charge in [0.2, 0.25) is 0 Å². The van der Waals surface area contributed by atoms with Crippen molar-refractivity contribution >= 4 is 17.4 Å². The lowest BCUT2D eigenvalue weighted by Crippen LogP contribution is -2.37. The fourth-order valence-electron chi connectivity index (χ4n) is 1.30. The number of nitrogens with one attached hydrogen (secondary N) is 2. The Bertz CT molecular complexity index is 464. The number of urea groups is 1. The fourth-order valence-corrected chi connectivity index (χ4v) is 1.30. The number of nitriles is 1. The number of carbonyl (C=O) groups is 1. The third kappa shape index (κ3) is 3.87. The van der Waals surface area contributed by atoms with Crippen LogP contribution in [0.5, 0.6) is 0 Å². The largest absolute Gasteiger partial charge is 0.397 e. The van der Waals surface area contributed by atoms with E-state index in [4.69, 9.17) is 11.0 Å². The molecule has 1 aromatic carbocycles. The second-order valence-corrected chi connectivity index (χ2v) is 3.97. The first kappa shape index (κ1) is 13.6. The zero-order valence-corrected chi connectivity index (χ0v) is 10.5. The van der Waals surface area contributed by atoms with E-state index >= 15 is 0 Å². The van der Waals surface area contributed by atoms with Crippen LogP contribution in [0.3, 0.4) is 0 Å². The van der Waals surface area contributed by atoms with Crippen LogP contribution in [0.1, 0.15) is 5.56 Å². The number of nitrogen functional groups attached to an aromatic ring is 1. The van der Waals surface area contributed by atoms with Gasteiger partial charge in [0.15, 0.2) is 0 Å². The first-order chi connectivity index (χ1) is 8.54. The number of hydrogen-bond donors (Lipinski definition) is 3. The summed E-state index contributed by atoms with van der Waals surface area (Å²) in [6.07, 6.45) is 0. The van der Waals surface area contributed by atoms with E-state index in [1.165, 1.54) is 4.90 Å². The molecule has 4 N–H and O–H groups in total. The summed E-state index contributed by atoms with van der Waals surface area (Å²) in [5, 5.41) is 14.6. The van der Waals surface area contributed by atoms with E-state index in [9.17, 15) is 4.79 Å². The molecular weight excluding hydrogens is 230 g/mol. The minimum absolute atomic E-state index is 0.143. The van der Waals surface area contributed by atoms with E-state index in [0.717, 1.165) is 0 Å². The van der Waals surface area contributed by atoms with Gasteiger partial charge in [-0.25, -0.2) is 4.79 Å². The number of hydrogen-bond acceptors (Lipinski definition) is 4. The normalized spacial score (nSPS) is 9.39. The second-order valence-electron chi connectivity index (χ2n) is 3.97. The van der Waals surface area contributed by atoms with Gasteiger partial charge in [0.25, 0.3) is 0 Å². The van der Waals surface area contributed by atoms with Gasteiger partial charge in [-0.1, -0.05) is 0 Å². The minimum Gasteiger partial charge on any atom is -0.397 e. The first-order valence-electron chi connectivity index (χ1n) is 5.53. The Hall–Kier alpha value is -2.42. The highest BCUT2D eigenvalue weighted by Gasteiger charge is 2.02. The van der Waals surface area contributed by atoms with Gasteiger partial charge in [0.05, 0.1) is 23.0 Å². The van der Waals surface area contributed by atoms with Crippen LogP contribution in [0.4, 0.5) is 16.2 Å². The van der Waals surface area contributed by atoms with Gasteiger partial charge in [-0.15, -0.1) is 0 Å². The number of nitrogens with zero attached hydrogens (tertiary/aromatic N) is 2. The Kier molecular flexibility index (Phi) is 4.81. The van der Waals surface area contributed by atoms with Crippen LogP contribution in [-0.2, 0) is 0 Å². The summed E-state index contributed by atoms with van der Waals surface area (Å²) in [4.78, 5) is 12.7. The number of benzene rings is 1. The first-order valence-corrected chi connectivity index (χ1v) is 5.53. The lowest BCUT2D eigenvalue weighted by Gasteiger charge is -2.13. The van der Waals surface area contributed by atoms with Crippen LogP contribution < -0.4 is 16.4 Å². The quantitative estimate of drug-likeness (QED) is 0.542. The van der Waals surface area contributed by atoms with Crippen molar-refractivity contribution in [3.63, 3.8) is 0 Å². The topological polar surface area (TPSA) is 94.2 Å². The zero-order chi connectivity index (χ0) is 13.5. The average Bonchev–Trinajstić information content (AvgIpc) is 2.36. The molecule has 0 aliphatic carbocycles. The molecule has 18 heavy (non-hydrogen) atoms. The SMILES string of the molecule is CN(C)C(=O)NCCNc1cc(C#N)ccc1N.